The fraction of sp³-hybridized carbons (Fsp3) is 0.500. The van der Waals surface area contributed by atoms with Crippen molar-refractivity contribution in [3.63, 3.8) is 0 Å². The zero-order valence-electron chi connectivity index (χ0n) is 12.9. The van der Waals surface area contributed by atoms with Crippen molar-refractivity contribution < 1.29 is 9.72 Å². The van der Waals surface area contributed by atoms with Gasteiger partial charge in [0.15, 0.2) is 0 Å². The molecule has 0 aromatic heterocycles. The molecule has 1 aromatic carbocycles. The predicted molar refractivity (Wildman–Crippen MR) is 91.5 cm³/mol. The van der Waals surface area contributed by atoms with E-state index in [0.717, 1.165) is 4.90 Å². The topological polar surface area (TPSA) is 89.5 Å². The minimum atomic E-state index is -0.442. The van der Waals surface area contributed by atoms with Crippen LogP contribution in [0.2, 0.25) is 0 Å². The maximum atomic E-state index is 12.0. The van der Waals surface area contributed by atoms with Crippen LogP contribution in [0.4, 0.5) is 5.69 Å². The smallest absolute Gasteiger partial charge is 0.269 e. The highest BCUT2D eigenvalue weighted by molar-refractivity contribution is 8.00. The van der Waals surface area contributed by atoms with Gasteiger partial charge in [-0.1, -0.05) is 13.8 Å². The van der Waals surface area contributed by atoms with Gasteiger partial charge in [-0.25, -0.2) is 0 Å². The molecule has 1 amide bonds. The largest absolute Gasteiger partial charge is 0.344 e. The number of nitrogens with two attached hydrogens (primary N) is 1. The Morgan fingerprint density at radius 3 is 2.36 bits per heavy atom. The van der Waals surface area contributed by atoms with Crippen LogP contribution in [0.1, 0.15) is 13.8 Å². The number of hydrogen-bond acceptors (Lipinski definition) is 5. The second-order valence-corrected chi connectivity index (χ2v) is 6.71. The summed E-state index contributed by atoms with van der Waals surface area (Å²) in [4.78, 5) is 24.7. The highest BCUT2D eigenvalue weighted by Gasteiger charge is 2.21. The van der Waals surface area contributed by atoms with E-state index in [1.165, 1.54) is 23.9 Å². The molecule has 124 valence electrons. The Morgan fingerprint density at radius 2 is 1.91 bits per heavy atom. The summed E-state index contributed by atoms with van der Waals surface area (Å²) >= 11 is 1.37. The molecule has 0 aliphatic heterocycles. The lowest BCUT2D eigenvalue weighted by molar-refractivity contribution is -0.384. The van der Waals surface area contributed by atoms with E-state index < -0.39 is 4.92 Å². The molecule has 0 heterocycles. The van der Waals surface area contributed by atoms with Crippen molar-refractivity contribution in [1.29, 1.82) is 0 Å². The van der Waals surface area contributed by atoms with Crippen molar-refractivity contribution in [2.24, 2.45) is 11.1 Å². The van der Waals surface area contributed by atoms with E-state index in [9.17, 15) is 14.9 Å². The average molecular weight is 348 g/mol. The standard InChI is InChI=1S/C14H21N3O3S.ClH/c1-14(2,9-15)10-16(3)13(18)8-21-12-6-4-11(5-7-12)17(19)20;/h4-7H,8-10,15H2,1-3H3;1H. The van der Waals surface area contributed by atoms with Crippen molar-refractivity contribution in [2.45, 2.75) is 18.7 Å². The number of halogens is 1. The summed E-state index contributed by atoms with van der Waals surface area (Å²) < 4.78 is 0. The fourth-order valence-corrected chi connectivity index (χ4v) is 2.55. The quantitative estimate of drug-likeness (QED) is 0.465. The number of nitrogens with zero attached hydrogens (tertiary/aromatic N) is 2. The zero-order chi connectivity index (χ0) is 16.0. The minimum Gasteiger partial charge on any atom is -0.344 e. The molecule has 0 saturated carbocycles. The van der Waals surface area contributed by atoms with Crippen LogP contribution in [0.3, 0.4) is 0 Å². The van der Waals surface area contributed by atoms with Crippen LogP contribution in [0.15, 0.2) is 29.2 Å². The fourth-order valence-electron chi connectivity index (χ4n) is 1.71. The van der Waals surface area contributed by atoms with Crippen molar-refractivity contribution >= 4 is 35.8 Å². The van der Waals surface area contributed by atoms with Gasteiger partial charge < -0.3 is 10.6 Å². The number of rotatable bonds is 7. The van der Waals surface area contributed by atoms with Crippen LogP contribution in [-0.2, 0) is 4.79 Å². The number of carbonyl (C=O) groups is 1. The molecule has 0 bridgehead atoms. The van der Waals surface area contributed by atoms with Crippen molar-refractivity contribution in [3.05, 3.63) is 34.4 Å². The van der Waals surface area contributed by atoms with Crippen LogP contribution >= 0.6 is 24.2 Å². The van der Waals surface area contributed by atoms with Gasteiger partial charge in [0.2, 0.25) is 5.91 Å². The molecular formula is C14H22ClN3O3S. The average Bonchev–Trinajstić information content (AvgIpc) is 2.44. The van der Waals surface area contributed by atoms with Gasteiger partial charge >= 0.3 is 0 Å². The highest BCUT2D eigenvalue weighted by atomic mass is 35.5. The number of carbonyl (C=O) groups excluding carboxylic acids is 1. The molecule has 8 heteroatoms. The molecule has 0 unspecified atom stereocenters. The van der Waals surface area contributed by atoms with Gasteiger partial charge in [-0.2, -0.15) is 0 Å². The SMILES string of the molecule is CN(CC(C)(C)CN)C(=O)CSc1ccc([N+](=O)[O-])cc1.Cl. The lowest BCUT2D eigenvalue weighted by Crippen LogP contribution is -2.40. The van der Waals surface area contributed by atoms with E-state index in [4.69, 9.17) is 5.73 Å². The zero-order valence-corrected chi connectivity index (χ0v) is 14.6. The molecule has 0 aliphatic rings. The number of non-ortho nitro benzene ring substituents is 1. The Labute approximate surface area is 141 Å². The molecule has 0 atom stereocenters. The van der Waals surface area contributed by atoms with Crippen molar-refractivity contribution in [3.8, 4) is 0 Å². The van der Waals surface area contributed by atoms with E-state index in [1.807, 2.05) is 13.8 Å². The molecule has 6 nitrogen and oxygen atoms in total. The number of thioether (sulfide) groups is 1. The maximum Gasteiger partial charge on any atom is 0.269 e. The highest BCUT2D eigenvalue weighted by Crippen LogP contribution is 2.22. The summed E-state index contributed by atoms with van der Waals surface area (Å²) in [5, 5.41) is 10.6. The molecule has 0 aliphatic carbocycles. The predicted octanol–water partition coefficient (Wildman–Crippen LogP) is 2.55. The second kappa shape index (κ2) is 8.97. The molecule has 0 fully saturated rings. The summed E-state index contributed by atoms with van der Waals surface area (Å²) in [6.07, 6.45) is 0. The van der Waals surface area contributed by atoms with E-state index >= 15 is 0 Å². The van der Waals surface area contributed by atoms with Gasteiger partial charge in [-0.15, -0.1) is 24.2 Å². The lowest BCUT2D eigenvalue weighted by atomic mass is 9.93. The Hall–Kier alpha value is -1.31. The first-order valence-electron chi connectivity index (χ1n) is 6.56. The van der Waals surface area contributed by atoms with Crippen molar-refractivity contribution in [1.82, 2.24) is 4.90 Å². The maximum absolute atomic E-state index is 12.0. The minimum absolute atomic E-state index is 0. The van der Waals surface area contributed by atoms with Crippen LogP contribution in [-0.4, -0.2) is 41.6 Å². The van der Waals surface area contributed by atoms with Gasteiger partial charge in [0, 0.05) is 30.6 Å². The van der Waals surface area contributed by atoms with Gasteiger partial charge in [-0.05, 0) is 24.1 Å². The number of benzene rings is 1. The molecule has 1 aromatic rings. The molecule has 2 N–H and O–H groups in total. The summed E-state index contributed by atoms with van der Waals surface area (Å²) in [5.74, 6) is 0.314. The van der Waals surface area contributed by atoms with E-state index in [0.29, 0.717) is 18.8 Å². The van der Waals surface area contributed by atoms with Crippen LogP contribution in [0.25, 0.3) is 0 Å². The summed E-state index contributed by atoms with van der Waals surface area (Å²) in [7, 11) is 1.76. The third-order valence-corrected chi connectivity index (χ3v) is 4.05. The lowest BCUT2D eigenvalue weighted by Gasteiger charge is -2.29. The second-order valence-electron chi connectivity index (χ2n) is 5.66. The Bertz CT molecular complexity index is 509. The number of nitro benzene ring substituents is 1. The van der Waals surface area contributed by atoms with E-state index in [1.54, 1.807) is 24.1 Å². The molecule has 0 radical (unpaired) electrons. The first-order valence-corrected chi connectivity index (χ1v) is 7.55. The normalized spacial score (nSPS) is 10.7. The van der Waals surface area contributed by atoms with Crippen LogP contribution in [0.5, 0.6) is 0 Å². The Balaban J connectivity index is 0.00000441. The molecular weight excluding hydrogens is 326 g/mol. The molecule has 22 heavy (non-hydrogen) atoms. The van der Waals surface area contributed by atoms with Gasteiger partial charge in [0.1, 0.15) is 0 Å². The van der Waals surface area contributed by atoms with Crippen LogP contribution in [0, 0.1) is 15.5 Å². The first kappa shape index (κ1) is 20.7. The number of hydrogen-bond donors (Lipinski definition) is 1. The van der Waals surface area contributed by atoms with Gasteiger partial charge in [0.25, 0.3) is 5.69 Å². The van der Waals surface area contributed by atoms with E-state index in [-0.39, 0.29) is 29.4 Å². The Kier molecular flexibility index (Phi) is 8.44. The Morgan fingerprint density at radius 1 is 1.36 bits per heavy atom. The number of nitro groups is 1. The van der Waals surface area contributed by atoms with Gasteiger partial charge in [0.05, 0.1) is 10.7 Å². The third-order valence-electron chi connectivity index (χ3n) is 3.05. The summed E-state index contributed by atoms with van der Waals surface area (Å²) in [5.41, 5.74) is 5.60. The number of amides is 1. The molecule has 0 spiro atoms. The summed E-state index contributed by atoms with van der Waals surface area (Å²) in [6.45, 7) is 5.14. The monoisotopic (exact) mass is 347 g/mol. The summed E-state index contributed by atoms with van der Waals surface area (Å²) in [6, 6.07) is 6.18. The molecule has 1 rings (SSSR count). The first-order chi connectivity index (χ1) is 9.75. The van der Waals surface area contributed by atoms with Gasteiger partial charge in [-0.3, -0.25) is 14.9 Å². The van der Waals surface area contributed by atoms with Crippen LogP contribution < -0.4 is 5.73 Å². The van der Waals surface area contributed by atoms with Crippen molar-refractivity contribution in [2.75, 3.05) is 25.9 Å². The third kappa shape index (κ3) is 6.64. The van der Waals surface area contributed by atoms with E-state index in [2.05, 4.69) is 0 Å². The molecule has 0 saturated heterocycles.